The summed E-state index contributed by atoms with van der Waals surface area (Å²) in [6.07, 6.45) is 3.09. The smallest absolute Gasteiger partial charge is 0.308 e. The summed E-state index contributed by atoms with van der Waals surface area (Å²) < 4.78 is 4.81. The summed E-state index contributed by atoms with van der Waals surface area (Å²) in [4.78, 5) is 20.9. The van der Waals surface area contributed by atoms with Crippen molar-refractivity contribution >= 4 is 11.9 Å². The molecule has 5 heteroatoms. The van der Waals surface area contributed by atoms with Gasteiger partial charge in [0.25, 0.3) is 0 Å². The molecule has 0 aromatic rings. The molecule has 0 aromatic heterocycles. The Bertz CT molecular complexity index is 258. The first-order chi connectivity index (χ1) is 8.38. The Morgan fingerprint density at radius 2 is 1.89 bits per heavy atom. The van der Waals surface area contributed by atoms with Crippen LogP contribution in [0, 0.1) is 11.8 Å². The Hall–Kier alpha value is -1.10. The van der Waals surface area contributed by atoms with Crippen molar-refractivity contribution < 1.29 is 24.5 Å². The maximum absolute atomic E-state index is 10.8. The second-order valence-electron chi connectivity index (χ2n) is 4.70. The molecule has 1 saturated carbocycles. The summed E-state index contributed by atoms with van der Waals surface area (Å²) in [5.74, 6) is -1.05. The highest BCUT2D eigenvalue weighted by molar-refractivity contribution is 5.73. The first kappa shape index (κ1) is 16.9. The normalized spacial score (nSPS) is 17.8. The molecule has 1 rings (SSSR count). The third-order valence-electron chi connectivity index (χ3n) is 2.84. The van der Waals surface area contributed by atoms with E-state index < -0.39 is 18.0 Å². The molecule has 0 aromatic carbocycles. The summed E-state index contributed by atoms with van der Waals surface area (Å²) in [5, 5.41) is 17.0. The lowest BCUT2D eigenvalue weighted by Gasteiger charge is -2.22. The number of hydrogen-bond donors (Lipinski definition) is 2. The number of hydrogen-bond acceptors (Lipinski definition) is 4. The van der Waals surface area contributed by atoms with Gasteiger partial charge in [-0.15, -0.1) is 0 Å². The van der Waals surface area contributed by atoms with Crippen molar-refractivity contribution in [1.82, 2.24) is 0 Å². The second kappa shape index (κ2) is 8.91. The van der Waals surface area contributed by atoms with Crippen LogP contribution >= 0.6 is 0 Å². The highest BCUT2D eigenvalue weighted by Crippen LogP contribution is 2.27. The van der Waals surface area contributed by atoms with Crippen molar-refractivity contribution in [3.05, 3.63) is 0 Å². The Balaban J connectivity index is 0.000000321. The van der Waals surface area contributed by atoms with Crippen LogP contribution in [0.1, 0.15) is 46.5 Å². The first-order valence-corrected chi connectivity index (χ1v) is 6.46. The van der Waals surface area contributed by atoms with E-state index in [1.807, 2.05) is 6.92 Å². The van der Waals surface area contributed by atoms with Crippen molar-refractivity contribution in [1.29, 1.82) is 0 Å². The van der Waals surface area contributed by atoms with Gasteiger partial charge in [0, 0.05) is 0 Å². The predicted octanol–water partition coefficient (Wildman–Crippen LogP) is 1.83. The molecule has 0 heterocycles. The summed E-state index contributed by atoms with van der Waals surface area (Å²) in [7, 11) is 0. The van der Waals surface area contributed by atoms with Crippen LogP contribution in [0.25, 0.3) is 0 Å². The average molecular weight is 260 g/mol. The molecule has 0 aliphatic heterocycles. The van der Waals surface area contributed by atoms with Crippen LogP contribution in [0.3, 0.4) is 0 Å². The molecule has 1 fully saturated rings. The number of aliphatic hydroxyl groups is 1. The fourth-order valence-electron chi connectivity index (χ4n) is 1.52. The molecule has 5 nitrogen and oxygen atoms in total. The molecule has 0 spiro atoms. The predicted molar refractivity (Wildman–Crippen MR) is 67.1 cm³/mol. The summed E-state index contributed by atoms with van der Waals surface area (Å²) in [6, 6.07) is 0. The van der Waals surface area contributed by atoms with Gasteiger partial charge in [-0.3, -0.25) is 9.59 Å². The largest absolute Gasteiger partial charge is 0.481 e. The third kappa shape index (κ3) is 7.27. The molecule has 0 saturated heterocycles. The summed E-state index contributed by atoms with van der Waals surface area (Å²) in [5.41, 5.74) is 0. The van der Waals surface area contributed by atoms with Gasteiger partial charge in [0.2, 0.25) is 0 Å². The van der Waals surface area contributed by atoms with Gasteiger partial charge in [0.15, 0.2) is 0 Å². The quantitative estimate of drug-likeness (QED) is 0.737. The number of aliphatic hydroxyl groups excluding tert-OH is 1. The maximum Gasteiger partial charge on any atom is 0.308 e. The summed E-state index contributed by atoms with van der Waals surface area (Å²) in [6.45, 7) is 5.53. The number of rotatable bonds is 5. The van der Waals surface area contributed by atoms with E-state index in [0.717, 1.165) is 12.8 Å². The lowest BCUT2D eigenvalue weighted by Crippen LogP contribution is -2.23. The zero-order valence-corrected chi connectivity index (χ0v) is 11.4. The van der Waals surface area contributed by atoms with Crippen molar-refractivity contribution in [3.8, 4) is 0 Å². The molecule has 0 radical (unpaired) electrons. The maximum atomic E-state index is 10.8. The third-order valence-corrected chi connectivity index (χ3v) is 2.84. The van der Waals surface area contributed by atoms with Crippen LogP contribution < -0.4 is 0 Å². The minimum absolute atomic E-state index is 0.00347. The SMILES string of the molecule is CC(O)CC(C)C(=O)O.CCOC(=O)C1CCC1. The monoisotopic (exact) mass is 260 g/mol. The van der Waals surface area contributed by atoms with E-state index in [1.54, 1.807) is 13.8 Å². The fraction of sp³-hybridized carbons (Fsp3) is 0.846. The molecule has 1 aliphatic carbocycles. The second-order valence-corrected chi connectivity index (χ2v) is 4.70. The molecule has 0 amide bonds. The Morgan fingerprint density at radius 3 is 2.11 bits per heavy atom. The van der Waals surface area contributed by atoms with E-state index >= 15 is 0 Å². The molecule has 2 unspecified atom stereocenters. The highest BCUT2D eigenvalue weighted by atomic mass is 16.5. The van der Waals surface area contributed by atoms with Crippen LogP contribution in [-0.4, -0.2) is 34.9 Å². The van der Waals surface area contributed by atoms with E-state index in [0.29, 0.717) is 13.0 Å². The zero-order chi connectivity index (χ0) is 14.1. The Kier molecular flexibility index (Phi) is 8.37. The molecular formula is C13H24O5. The van der Waals surface area contributed by atoms with Crippen molar-refractivity contribution in [2.24, 2.45) is 11.8 Å². The number of aliphatic carboxylic acids is 1. The molecule has 0 bridgehead atoms. The summed E-state index contributed by atoms with van der Waals surface area (Å²) >= 11 is 0. The minimum Gasteiger partial charge on any atom is -0.481 e. The van der Waals surface area contributed by atoms with Crippen molar-refractivity contribution in [2.75, 3.05) is 6.61 Å². The molecule has 2 atom stereocenters. The van der Waals surface area contributed by atoms with Crippen molar-refractivity contribution in [2.45, 2.75) is 52.6 Å². The number of esters is 1. The minimum atomic E-state index is -0.851. The molecule has 106 valence electrons. The van der Waals surface area contributed by atoms with Gasteiger partial charge >= 0.3 is 11.9 Å². The van der Waals surface area contributed by atoms with Gasteiger partial charge in [-0.25, -0.2) is 0 Å². The first-order valence-electron chi connectivity index (χ1n) is 6.46. The number of carboxylic acid groups (broad SMARTS) is 1. The lowest BCUT2D eigenvalue weighted by atomic mass is 9.86. The van der Waals surface area contributed by atoms with Gasteiger partial charge in [0.05, 0.1) is 24.5 Å². The van der Waals surface area contributed by atoms with Crippen LogP contribution in [0.2, 0.25) is 0 Å². The Labute approximate surface area is 108 Å². The zero-order valence-electron chi connectivity index (χ0n) is 11.4. The average Bonchev–Trinajstić information content (AvgIpc) is 2.14. The molecule has 2 N–H and O–H groups in total. The van der Waals surface area contributed by atoms with Gasteiger partial charge in [0.1, 0.15) is 0 Å². The molecule has 18 heavy (non-hydrogen) atoms. The van der Waals surface area contributed by atoms with Crippen LogP contribution in [-0.2, 0) is 14.3 Å². The lowest BCUT2D eigenvalue weighted by molar-refractivity contribution is -0.150. The van der Waals surface area contributed by atoms with Crippen molar-refractivity contribution in [3.63, 3.8) is 0 Å². The standard InChI is InChI=1S/C7H12O2.C6H12O3/c1-2-9-7(8)6-4-3-5-6;1-4(6(8)9)3-5(2)7/h6H,2-5H2,1H3;4-5,7H,3H2,1-2H3,(H,8,9). The topological polar surface area (TPSA) is 83.8 Å². The van der Waals surface area contributed by atoms with E-state index in [-0.39, 0.29) is 11.9 Å². The van der Waals surface area contributed by atoms with E-state index in [2.05, 4.69) is 0 Å². The van der Waals surface area contributed by atoms with Gasteiger partial charge in [-0.1, -0.05) is 13.3 Å². The number of ether oxygens (including phenoxy) is 1. The van der Waals surface area contributed by atoms with Gasteiger partial charge in [-0.2, -0.15) is 0 Å². The fourth-order valence-corrected chi connectivity index (χ4v) is 1.52. The highest BCUT2D eigenvalue weighted by Gasteiger charge is 2.25. The Morgan fingerprint density at radius 1 is 1.33 bits per heavy atom. The van der Waals surface area contributed by atoms with E-state index in [9.17, 15) is 9.59 Å². The van der Waals surface area contributed by atoms with E-state index in [1.165, 1.54) is 6.42 Å². The van der Waals surface area contributed by atoms with E-state index in [4.69, 9.17) is 14.9 Å². The van der Waals surface area contributed by atoms with Gasteiger partial charge in [-0.05, 0) is 33.1 Å². The molecular weight excluding hydrogens is 236 g/mol. The number of carbonyl (C=O) groups is 2. The molecule has 1 aliphatic rings. The van der Waals surface area contributed by atoms with Crippen LogP contribution in [0.5, 0.6) is 0 Å². The van der Waals surface area contributed by atoms with Crippen LogP contribution in [0.4, 0.5) is 0 Å². The van der Waals surface area contributed by atoms with Crippen LogP contribution in [0.15, 0.2) is 0 Å². The number of carbonyl (C=O) groups excluding carboxylic acids is 1. The van der Waals surface area contributed by atoms with Gasteiger partial charge < -0.3 is 14.9 Å². The number of carboxylic acids is 1.